The summed E-state index contributed by atoms with van der Waals surface area (Å²) < 4.78 is 12.0. The summed E-state index contributed by atoms with van der Waals surface area (Å²) in [6.07, 6.45) is 7.15. The highest BCUT2D eigenvalue weighted by molar-refractivity contribution is 7.23. The number of methoxy groups -OCH3 is 1. The molecule has 4 aliphatic carbocycles. The van der Waals surface area contributed by atoms with Crippen molar-refractivity contribution in [3.63, 3.8) is 0 Å². The van der Waals surface area contributed by atoms with Crippen molar-refractivity contribution in [1.29, 1.82) is 0 Å². The first-order chi connectivity index (χ1) is 16.0. The first kappa shape index (κ1) is 24.6. The fraction of sp³-hybridized carbons (Fsp3) is 0.680. The number of carbonyl (C=O) groups is 1. The molecular weight excluding hydrogens is 493 g/mol. The van der Waals surface area contributed by atoms with E-state index in [4.69, 9.17) is 26.1 Å². The molecule has 0 spiro atoms. The van der Waals surface area contributed by atoms with Crippen molar-refractivity contribution in [2.45, 2.75) is 38.5 Å². The van der Waals surface area contributed by atoms with Crippen LogP contribution in [0.3, 0.4) is 0 Å². The van der Waals surface area contributed by atoms with Gasteiger partial charge in [-0.05, 0) is 68.4 Å². The highest BCUT2D eigenvalue weighted by atomic mass is 35.5. The summed E-state index contributed by atoms with van der Waals surface area (Å²) in [5, 5.41) is 1.41. The Morgan fingerprint density at radius 2 is 1.85 bits per heavy atom. The van der Waals surface area contributed by atoms with E-state index in [1.165, 1.54) is 30.6 Å². The maximum Gasteiger partial charge on any atom is 0.235 e. The van der Waals surface area contributed by atoms with Gasteiger partial charge in [0.25, 0.3) is 0 Å². The number of anilines is 1. The number of aromatic nitrogens is 1. The number of amides is 1. The van der Waals surface area contributed by atoms with Gasteiger partial charge in [-0.1, -0.05) is 22.9 Å². The number of carbonyl (C=O) groups excluding carboxylic acids is 1. The second-order valence-electron chi connectivity index (χ2n) is 10.5. The molecule has 186 valence electrons. The van der Waals surface area contributed by atoms with E-state index in [0.29, 0.717) is 23.2 Å². The van der Waals surface area contributed by atoms with E-state index in [-0.39, 0.29) is 17.8 Å². The van der Waals surface area contributed by atoms with Crippen LogP contribution in [0.25, 0.3) is 10.2 Å². The molecule has 0 N–H and O–H groups in total. The molecule has 4 saturated carbocycles. The lowest BCUT2D eigenvalue weighted by Crippen LogP contribution is -2.56. The van der Waals surface area contributed by atoms with Gasteiger partial charge in [0.05, 0.1) is 35.5 Å². The van der Waals surface area contributed by atoms with Gasteiger partial charge in [0.1, 0.15) is 11.3 Å². The van der Waals surface area contributed by atoms with E-state index in [2.05, 4.69) is 4.90 Å². The fourth-order valence-electron chi connectivity index (χ4n) is 7.23. The zero-order valence-electron chi connectivity index (χ0n) is 19.6. The first-order valence-corrected chi connectivity index (χ1v) is 13.5. The van der Waals surface area contributed by atoms with Gasteiger partial charge < -0.3 is 9.47 Å². The third-order valence-electron chi connectivity index (χ3n) is 8.38. The van der Waals surface area contributed by atoms with Gasteiger partial charge in [0, 0.05) is 26.2 Å². The van der Waals surface area contributed by atoms with E-state index < -0.39 is 0 Å². The lowest BCUT2D eigenvalue weighted by atomic mass is 9.49. The zero-order chi connectivity index (χ0) is 22.6. The van der Waals surface area contributed by atoms with Crippen molar-refractivity contribution in [2.75, 3.05) is 51.4 Å². The molecule has 0 radical (unpaired) electrons. The number of rotatable bonds is 6. The summed E-state index contributed by atoms with van der Waals surface area (Å²) in [4.78, 5) is 23.7. The minimum atomic E-state index is -0.203. The SMILES string of the molecule is COc1ccc(Cl)c2sc(N(CCN3CCOCC3)C(=O)C34CC5CC(CC(C5)C3)C4)nc12.Cl. The molecule has 1 aliphatic heterocycles. The normalized spacial score (nSPS) is 30.4. The molecule has 5 aliphatic rings. The monoisotopic (exact) mass is 525 g/mol. The van der Waals surface area contributed by atoms with Crippen LogP contribution in [-0.2, 0) is 9.53 Å². The van der Waals surface area contributed by atoms with Crippen LogP contribution in [0.2, 0.25) is 5.02 Å². The summed E-state index contributed by atoms with van der Waals surface area (Å²) in [5.74, 6) is 3.18. The van der Waals surface area contributed by atoms with Crippen molar-refractivity contribution in [3.8, 4) is 5.75 Å². The Bertz CT molecular complexity index is 1020. The average Bonchev–Trinajstić information content (AvgIpc) is 3.25. The summed E-state index contributed by atoms with van der Waals surface area (Å²) in [6, 6.07) is 3.71. The first-order valence-electron chi connectivity index (χ1n) is 12.3. The Labute approximate surface area is 216 Å². The molecule has 1 aromatic heterocycles. The molecule has 9 heteroatoms. The van der Waals surface area contributed by atoms with Gasteiger partial charge in [0.15, 0.2) is 5.13 Å². The lowest BCUT2D eigenvalue weighted by molar-refractivity contribution is -0.143. The standard InChI is InChI=1S/C25H32ClN3O3S.ClH/c1-31-20-3-2-19(26)22-21(20)27-24(33-22)29(5-4-28-6-8-32-9-7-28)23(30)25-13-16-10-17(14-25)12-18(11-16)15-25;/h2-3,16-18H,4-15H2,1H3;1H. The lowest BCUT2D eigenvalue weighted by Gasteiger charge is -2.56. The molecule has 1 saturated heterocycles. The number of ether oxygens (including phenoxy) is 2. The predicted octanol–water partition coefficient (Wildman–Crippen LogP) is 5.26. The molecule has 7 rings (SSSR count). The number of fused-ring (bicyclic) bond motifs is 1. The van der Waals surface area contributed by atoms with Gasteiger partial charge in [0.2, 0.25) is 5.91 Å². The van der Waals surface area contributed by atoms with Crippen LogP contribution in [0.15, 0.2) is 12.1 Å². The van der Waals surface area contributed by atoms with Gasteiger partial charge in [-0.3, -0.25) is 14.6 Å². The Kier molecular flexibility index (Phi) is 7.04. The molecular formula is C25H33Cl2N3O3S. The summed E-state index contributed by atoms with van der Waals surface area (Å²) >= 11 is 8.05. The van der Waals surface area contributed by atoms with Crippen molar-refractivity contribution in [1.82, 2.24) is 9.88 Å². The largest absolute Gasteiger partial charge is 0.494 e. The van der Waals surface area contributed by atoms with E-state index in [1.54, 1.807) is 7.11 Å². The third-order valence-corrected chi connectivity index (χ3v) is 9.92. The molecule has 34 heavy (non-hydrogen) atoms. The average molecular weight is 527 g/mol. The van der Waals surface area contributed by atoms with Crippen LogP contribution >= 0.6 is 35.3 Å². The second-order valence-corrected chi connectivity index (χ2v) is 11.9. The quantitative estimate of drug-likeness (QED) is 0.514. The van der Waals surface area contributed by atoms with Crippen molar-refractivity contribution in [2.24, 2.45) is 23.2 Å². The van der Waals surface area contributed by atoms with Crippen LogP contribution in [0.1, 0.15) is 38.5 Å². The molecule has 4 bridgehead atoms. The van der Waals surface area contributed by atoms with Crippen molar-refractivity contribution in [3.05, 3.63) is 17.2 Å². The second kappa shape index (κ2) is 9.74. The molecule has 0 unspecified atom stereocenters. The van der Waals surface area contributed by atoms with Crippen LogP contribution in [-0.4, -0.2) is 62.3 Å². The summed E-state index contributed by atoms with van der Waals surface area (Å²) in [5.41, 5.74) is 0.547. The van der Waals surface area contributed by atoms with E-state index in [0.717, 1.165) is 85.2 Å². The van der Waals surface area contributed by atoms with Gasteiger partial charge in [-0.2, -0.15) is 0 Å². The number of hydrogen-bond acceptors (Lipinski definition) is 6. The molecule has 6 nitrogen and oxygen atoms in total. The van der Waals surface area contributed by atoms with Gasteiger partial charge >= 0.3 is 0 Å². The molecule has 0 atom stereocenters. The minimum Gasteiger partial charge on any atom is -0.494 e. The molecule has 2 aromatic rings. The number of halogens is 2. The van der Waals surface area contributed by atoms with Crippen LogP contribution < -0.4 is 9.64 Å². The third kappa shape index (κ3) is 4.32. The Balaban J connectivity index is 0.00000241. The molecule has 1 aromatic carbocycles. The Morgan fingerprint density at radius 3 is 2.47 bits per heavy atom. The van der Waals surface area contributed by atoms with Crippen molar-refractivity contribution >= 4 is 56.6 Å². The van der Waals surface area contributed by atoms with Crippen molar-refractivity contribution < 1.29 is 14.3 Å². The van der Waals surface area contributed by atoms with Gasteiger partial charge in [-0.15, -0.1) is 12.4 Å². The van der Waals surface area contributed by atoms with E-state index in [1.807, 2.05) is 17.0 Å². The zero-order valence-corrected chi connectivity index (χ0v) is 22.0. The topological polar surface area (TPSA) is 54.9 Å². The van der Waals surface area contributed by atoms with Crippen LogP contribution in [0.5, 0.6) is 5.75 Å². The fourth-order valence-corrected chi connectivity index (χ4v) is 8.51. The maximum absolute atomic E-state index is 14.4. The summed E-state index contributed by atoms with van der Waals surface area (Å²) in [6.45, 7) is 4.84. The van der Waals surface area contributed by atoms with Crippen LogP contribution in [0.4, 0.5) is 5.13 Å². The van der Waals surface area contributed by atoms with Crippen LogP contribution in [0, 0.1) is 23.2 Å². The number of hydrogen-bond donors (Lipinski definition) is 0. The van der Waals surface area contributed by atoms with E-state index in [9.17, 15) is 4.79 Å². The maximum atomic E-state index is 14.4. The Hall–Kier alpha value is -1.12. The highest BCUT2D eigenvalue weighted by Gasteiger charge is 2.56. The van der Waals surface area contributed by atoms with Gasteiger partial charge in [-0.25, -0.2) is 4.98 Å². The minimum absolute atomic E-state index is 0. The summed E-state index contributed by atoms with van der Waals surface area (Å²) in [7, 11) is 1.65. The number of benzene rings is 1. The molecule has 2 heterocycles. The smallest absolute Gasteiger partial charge is 0.235 e. The molecule has 1 amide bonds. The van der Waals surface area contributed by atoms with E-state index >= 15 is 0 Å². The number of nitrogens with zero attached hydrogens (tertiary/aromatic N) is 3. The predicted molar refractivity (Wildman–Crippen MR) is 139 cm³/mol. The number of thiazole rings is 1. The highest BCUT2D eigenvalue weighted by Crippen LogP contribution is 2.61. The Morgan fingerprint density at radius 1 is 1.21 bits per heavy atom. The molecule has 5 fully saturated rings. The number of morpholine rings is 1.